The fraction of sp³-hybridized carbons (Fsp3) is 0.269. The average Bonchev–Trinajstić information content (AvgIpc) is 2.88. The predicted molar refractivity (Wildman–Crippen MR) is 132 cm³/mol. The SMILES string of the molecule is CN(c1ccc(OCC(=O)N2CCN(Cc3ccccc3)CC2)cc1)S(=O)(=O)c1ccc(F)cc1. The maximum absolute atomic E-state index is 13.1. The number of piperazine rings is 1. The first-order chi connectivity index (χ1) is 16.8. The monoisotopic (exact) mass is 497 g/mol. The standard InChI is InChI=1S/C26H28FN3O4S/c1-28(35(32,33)25-13-7-22(27)8-14-25)23-9-11-24(12-10-23)34-20-26(31)30-17-15-29(16-18-30)19-21-5-3-2-4-6-21/h2-14H,15-20H2,1H3. The first kappa shape index (κ1) is 24.7. The minimum absolute atomic E-state index is 0.00353. The normalized spacial score (nSPS) is 14.5. The Morgan fingerprint density at radius 1 is 0.914 bits per heavy atom. The van der Waals surface area contributed by atoms with Gasteiger partial charge in [0.15, 0.2) is 6.61 Å². The van der Waals surface area contributed by atoms with E-state index in [0.717, 1.165) is 36.1 Å². The van der Waals surface area contributed by atoms with Crippen molar-refractivity contribution in [2.75, 3.05) is 44.1 Å². The summed E-state index contributed by atoms with van der Waals surface area (Å²) in [5.41, 5.74) is 1.68. The van der Waals surface area contributed by atoms with Crippen LogP contribution in [0, 0.1) is 5.82 Å². The molecule has 184 valence electrons. The highest BCUT2D eigenvalue weighted by atomic mass is 32.2. The number of benzene rings is 3. The van der Waals surface area contributed by atoms with Crippen molar-refractivity contribution in [1.82, 2.24) is 9.80 Å². The van der Waals surface area contributed by atoms with Crippen LogP contribution in [0.15, 0.2) is 83.8 Å². The van der Waals surface area contributed by atoms with Gasteiger partial charge in [0.2, 0.25) is 0 Å². The Morgan fingerprint density at radius 3 is 2.17 bits per heavy atom. The largest absolute Gasteiger partial charge is 0.484 e. The number of amides is 1. The molecule has 0 aliphatic carbocycles. The fourth-order valence-corrected chi connectivity index (χ4v) is 5.08. The maximum atomic E-state index is 13.1. The number of rotatable bonds is 8. The van der Waals surface area contributed by atoms with Crippen LogP contribution in [-0.4, -0.2) is 64.0 Å². The molecule has 1 amide bonds. The van der Waals surface area contributed by atoms with Crippen molar-refractivity contribution in [2.45, 2.75) is 11.4 Å². The molecule has 1 saturated heterocycles. The highest BCUT2D eigenvalue weighted by Gasteiger charge is 2.23. The molecule has 0 N–H and O–H groups in total. The Bertz CT molecular complexity index is 1230. The highest BCUT2D eigenvalue weighted by Crippen LogP contribution is 2.24. The average molecular weight is 498 g/mol. The van der Waals surface area contributed by atoms with E-state index < -0.39 is 15.8 Å². The molecule has 7 nitrogen and oxygen atoms in total. The molecule has 0 radical (unpaired) electrons. The van der Waals surface area contributed by atoms with Crippen molar-refractivity contribution < 1.29 is 22.3 Å². The van der Waals surface area contributed by atoms with Crippen LogP contribution in [0.2, 0.25) is 0 Å². The van der Waals surface area contributed by atoms with E-state index in [1.54, 1.807) is 29.2 Å². The summed E-state index contributed by atoms with van der Waals surface area (Å²) >= 11 is 0. The molecule has 1 fully saturated rings. The van der Waals surface area contributed by atoms with E-state index in [4.69, 9.17) is 4.74 Å². The summed E-state index contributed by atoms with van der Waals surface area (Å²) < 4.78 is 45.4. The molecule has 9 heteroatoms. The predicted octanol–water partition coefficient (Wildman–Crippen LogP) is 3.37. The van der Waals surface area contributed by atoms with E-state index in [9.17, 15) is 17.6 Å². The minimum Gasteiger partial charge on any atom is -0.484 e. The van der Waals surface area contributed by atoms with Crippen LogP contribution in [0.4, 0.5) is 10.1 Å². The second-order valence-corrected chi connectivity index (χ2v) is 10.3. The molecule has 1 heterocycles. The topological polar surface area (TPSA) is 70.2 Å². The van der Waals surface area contributed by atoms with Gasteiger partial charge in [-0.05, 0) is 54.1 Å². The van der Waals surface area contributed by atoms with Crippen LogP contribution in [0.25, 0.3) is 0 Å². The maximum Gasteiger partial charge on any atom is 0.264 e. The number of sulfonamides is 1. The van der Waals surface area contributed by atoms with Crippen molar-refractivity contribution >= 4 is 21.6 Å². The minimum atomic E-state index is -3.83. The number of hydrogen-bond donors (Lipinski definition) is 0. The van der Waals surface area contributed by atoms with Crippen LogP contribution < -0.4 is 9.04 Å². The van der Waals surface area contributed by atoms with Gasteiger partial charge >= 0.3 is 0 Å². The third kappa shape index (κ3) is 6.17. The molecule has 0 saturated carbocycles. The highest BCUT2D eigenvalue weighted by molar-refractivity contribution is 7.92. The van der Waals surface area contributed by atoms with Gasteiger partial charge in [-0.3, -0.25) is 14.0 Å². The zero-order chi connectivity index (χ0) is 24.8. The van der Waals surface area contributed by atoms with Crippen molar-refractivity contribution in [2.24, 2.45) is 0 Å². The summed E-state index contributed by atoms with van der Waals surface area (Å²) in [6.07, 6.45) is 0. The van der Waals surface area contributed by atoms with Gasteiger partial charge in [0.25, 0.3) is 15.9 Å². The Labute approximate surface area is 205 Å². The van der Waals surface area contributed by atoms with Crippen LogP contribution in [0.1, 0.15) is 5.56 Å². The Balaban J connectivity index is 1.27. The van der Waals surface area contributed by atoms with E-state index in [-0.39, 0.29) is 17.4 Å². The molecule has 0 bridgehead atoms. The quantitative estimate of drug-likeness (QED) is 0.477. The number of hydrogen-bond acceptors (Lipinski definition) is 5. The second kappa shape index (κ2) is 10.9. The number of anilines is 1. The third-order valence-corrected chi connectivity index (χ3v) is 7.81. The van der Waals surface area contributed by atoms with Gasteiger partial charge in [0.1, 0.15) is 11.6 Å². The molecular weight excluding hydrogens is 469 g/mol. The lowest BCUT2D eigenvalue weighted by Gasteiger charge is -2.34. The number of halogens is 1. The van der Waals surface area contributed by atoms with E-state index in [0.29, 0.717) is 24.5 Å². The number of nitrogens with zero attached hydrogens (tertiary/aromatic N) is 3. The molecule has 1 aliphatic rings. The molecule has 3 aromatic rings. The van der Waals surface area contributed by atoms with Gasteiger partial charge in [-0.25, -0.2) is 12.8 Å². The second-order valence-electron chi connectivity index (χ2n) is 8.35. The Hall–Kier alpha value is -3.43. The molecule has 0 atom stereocenters. The van der Waals surface area contributed by atoms with Gasteiger partial charge in [0.05, 0.1) is 10.6 Å². The van der Waals surface area contributed by atoms with Gasteiger partial charge in [-0.1, -0.05) is 30.3 Å². The molecule has 0 aromatic heterocycles. The van der Waals surface area contributed by atoms with E-state index >= 15 is 0 Å². The lowest BCUT2D eigenvalue weighted by atomic mass is 10.2. The molecule has 4 rings (SSSR count). The molecular formula is C26H28FN3O4S. The fourth-order valence-electron chi connectivity index (χ4n) is 3.89. The lowest BCUT2D eigenvalue weighted by molar-refractivity contribution is -0.135. The number of ether oxygens (including phenoxy) is 1. The van der Waals surface area contributed by atoms with Gasteiger partial charge < -0.3 is 9.64 Å². The van der Waals surface area contributed by atoms with Gasteiger partial charge in [-0.2, -0.15) is 0 Å². The summed E-state index contributed by atoms with van der Waals surface area (Å²) in [7, 11) is -2.40. The third-order valence-electron chi connectivity index (χ3n) is 6.01. The number of carbonyl (C=O) groups is 1. The molecule has 3 aromatic carbocycles. The van der Waals surface area contributed by atoms with Crippen LogP contribution >= 0.6 is 0 Å². The zero-order valence-corrected chi connectivity index (χ0v) is 20.3. The first-order valence-corrected chi connectivity index (χ1v) is 12.8. The summed E-state index contributed by atoms with van der Waals surface area (Å²) in [6.45, 7) is 3.72. The Kier molecular flexibility index (Phi) is 7.67. The van der Waals surface area contributed by atoms with E-state index in [1.165, 1.54) is 24.7 Å². The zero-order valence-electron chi connectivity index (χ0n) is 19.5. The molecule has 1 aliphatic heterocycles. The summed E-state index contributed by atoms with van der Waals surface area (Å²) in [6, 6.07) is 21.4. The van der Waals surface area contributed by atoms with Crippen molar-refractivity contribution in [1.29, 1.82) is 0 Å². The first-order valence-electron chi connectivity index (χ1n) is 11.3. The lowest BCUT2D eigenvalue weighted by Crippen LogP contribution is -2.49. The summed E-state index contributed by atoms with van der Waals surface area (Å²) in [5.74, 6) is -0.112. The van der Waals surface area contributed by atoms with Crippen molar-refractivity contribution in [3.63, 3.8) is 0 Å². The van der Waals surface area contributed by atoms with Gasteiger partial charge in [0, 0.05) is 39.8 Å². The van der Waals surface area contributed by atoms with Gasteiger partial charge in [-0.15, -0.1) is 0 Å². The van der Waals surface area contributed by atoms with Crippen molar-refractivity contribution in [3.05, 3.63) is 90.2 Å². The Morgan fingerprint density at radius 2 is 1.54 bits per heavy atom. The van der Waals surface area contributed by atoms with E-state index in [2.05, 4.69) is 17.0 Å². The molecule has 35 heavy (non-hydrogen) atoms. The van der Waals surface area contributed by atoms with Crippen molar-refractivity contribution in [3.8, 4) is 5.75 Å². The van der Waals surface area contributed by atoms with E-state index in [1.807, 2.05) is 18.2 Å². The molecule has 0 spiro atoms. The summed E-state index contributed by atoms with van der Waals surface area (Å²) in [5, 5.41) is 0. The van der Waals surface area contributed by atoms with Crippen LogP contribution in [-0.2, 0) is 21.4 Å². The summed E-state index contributed by atoms with van der Waals surface area (Å²) in [4.78, 5) is 16.7. The van der Waals surface area contributed by atoms with Crippen LogP contribution in [0.5, 0.6) is 5.75 Å². The molecule has 0 unspecified atom stereocenters. The smallest absolute Gasteiger partial charge is 0.264 e. The number of carbonyl (C=O) groups excluding carboxylic acids is 1. The van der Waals surface area contributed by atoms with Crippen LogP contribution in [0.3, 0.4) is 0 Å².